The van der Waals surface area contributed by atoms with Crippen LogP contribution >= 0.6 is 0 Å². The van der Waals surface area contributed by atoms with Gasteiger partial charge in [0.25, 0.3) is 15.6 Å². The van der Waals surface area contributed by atoms with Gasteiger partial charge in [-0.15, -0.1) is 0 Å². The van der Waals surface area contributed by atoms with E-state index >= 15 is 0 Å². The third kappa shape index (κ3) is 4.44. The minimum absolute atomic E-state index is 0.0909. The Morgan fingerprint density at radius 2 is 1.82 bits per heavy atom. The Kier molecular flexibility index (Phi) is 6.25. The Bertz CT molecular complexity index is 1500. The number of aryl methyl sites for hydroxylation is 3. The van der Waals surface area contributed by atoms with Crippen LogP contribution in [0.2, 0.25) is 0 Å². The maximum atomic E-state index is 13.3. The molecule has 2 heterocycles. The summed E-state index contributed by atoms with van der Waals surface area (Å²) in [4.78, 5) is 12.6. The number of ether oxygens (including phenoxy) is 1. The lowest BCUT2D eigenvalue weighted by Crippen LogP contribution is -2.21. The highest BCUT2D eigenvalue weighted by molar-refractivity contribution is 7.92. The molecule has 0 unspecified atom stereocenters. The third-order valence-electron chi connectivity index (χ3n) is 5.21. The van der Waals surface area contributed by atoms with E-state index in [1.807, 2.05) is 6.92 Å². The maximum absolute atomic E-state index is 13.3. The van der Waals surface area contributed by atoms with Crippen molar-refractivity contribution in [3.05, 3.63) is 82.0 Å². The number of nitrogens with zero attached hydrogens (tertiary/aromatic N) is 3. The summed E-state index contributed by atoms with van der Waals surface area (Å²) in [5.74, 6) is 0.893. The van der Waals surface area contributed by atoms with Crippen molar-refractivity contribution in [1.29, 1.82) is 0 Å². The van der Waals surface area contributed by atoms with Crippen molar-refractivity contribution in [1.82, 2.24) is 14.9 Å². The maximum Gasteiger partial charge on any atom is 0.271 e. The SMILES string of the molecule is CCOc1ccccc1NS(=O)(=O)c1cc(-c2ccc(=O)n(-c3c(C)noc3C)n2)ccc1C. The van der Waals surface area contributed by atoms with Gasteiger partial charge in [0.2, 0.25) is 0 Å². The van der Waals surface area contributed by atoms with E-state index in [0.29, 0.717) is 52.0 Å². The van der Waals surface area contributed by atoms with Gasteiger partial charge in [0.15, 0.2) is 5.76 Å². The van der Waals surface area contributed by atoms with Crippen LogP contribution in [0.3, 0.4) is 0 Å². The third-order valence-corrected chi connectivity index (χ3v) is 6.72. The molecule has 0 aliphatic heterocycles. The molecular formula is C24H24N4O5S. The number of rotatable bonds is 7. The monoisotopic (exact) mass is 480 g/mol. The van der Waals surface area contributed by atoms with Crippen LogP contribution < -0.4 is 15.0 Å². The first-order valence-electron chi connectivity index (χ1n) is 10.6. The van der Waals surface area contributed by atoms with E-state index in [9.17, 15) is 13.2 Å². The van der Waals surface area contributed by atoms with E-state index in [2.05, 4.69) is 15.0 Å². The number of anilines is 1. The fraction of sp³-hybridized carbons (Fsp3) is 0.208. The molecule has 0 radical (unpaired) electrons. The molecule has 0 saturated heterocycles. The Hall–Kier alpha value is -3.92. The number of nitrogens with one attached hydrogen (secondary N) is 1. The van der Waals surface area contributed by atoms with Crippen LogP contribution in [0.5, 0.6) is 5.75 Å². The first kappa shape index (κ1) is 23.2. The second-order valence-corrected chi connectivity index (χ2v) is 9.31. The molecule has 0 spiro atoms. The van der Waals surface area contributed by atoms with Crippen molar-refractivity contribution in [3.8, 4) is 22.7 Å². The molecule has 1 N–H and O–H groups in total. The van der Waals surface area contributed by atoms with Crippen LogP contribution in [0.15, 0.2) is 68.8 Å². The number of hydrogen-bond donors (Lipinski definition) is 1. The molecule has 0 fully saturated rings. The van der Waals surface area contributed by atoms with Gasteiger partial charge in [-0.25, -0.2) is 8.42 Å². The molecule has 0 amide bonds. The summed E-state index contributed by atoms with van der Waals surface area (Å²) >= 11 is 0. The number of benzene rings is 2. The van der Waals surface area contributed by atoms with E-state index in [4.69, 9.17) is 9.26 Å². The van der Waals surface area contributed by atoms with Gasteiger partial charge in [-0.05, 0) is 57.5 Å². The summed E-state index contributed by atoms with van der Waals surface area (Å²) in [6, 6.07) is 14.8. The highest BCUT2D eigenvalue weighted by Gasteiger charge is 2.21. The minimum atomic E-state index is -3.94. The van der Waals surface area contributed by atoms with E-state index in [0.717, 1.165) is 0 Å². The highest BCUT2D eigenvalue weighted by Crippen LogP contribution is 2.29. The van der Waals surface area contributed by atoms with Crippen LogP contribution in [0.1, 0.15) is 23.9 Å². The summed E-state index contributed by atoms with van der Waals surface area (Å²) in [5.41, 5.74) is 2.49. The van der Waals surface area contributed by atoms with Gasteiger partial charge in [0, 0.05) is 11.6 Å². The van der Waals surface area contributed by atoms with Crippen molar-refractivity contribution < 1.29 is 17.7 Å². The predicted octanol–water partition coefficient (Wildman–Crippen LogP) is 4.01. The molecule has 0 aliphatic carbocycles. The predicted molar refractivity (Wildman–Crippen MR) is 128 cm³/mol. The highest BCUT2D eigenvalue weighted by atomic mass is 32.2. The van der Waals surface area contributed by atoms with Crippen molar-refractivity contribution in [2.24, 2.45) is 0 Å². The summed E-state index contributed by atoms with van der Waals surface area (Å²) in [6.45, 7) is 7.35. The second kappa shape index (κ2) is 9.14. The lowest BCUT2D eigenvalue weighted by Gasteiger charge is -2.15. The van der Waals surface area contributed by atoms with Gasteiger partial charge < -0.3 is 9.26 Å². The number of sulfonamides is 1. The van der Waals surface area contributed by atoms with Crippen LogP contribution in [0.4, 0.5) is 5.69 Å². The first-order valence-corrected chi connectivity index (χ1v) is 12.1. The largest absolute Gasteiger partial charge is 0.492 e. The minimum Gasteiger partial charge on any atom is -0.492 e. The Balaban J connectivity index is 1.77. The van der Waals surface area contributed by atoms with Gasteiger partial charge in [0.1, 0.15) is 17.1 Å². The molecular weight excluding hydrogens is 456 g/mol. The molecule has 10 heteroatoms. The van der Waals surface area contributed by atoms with E-state index in [1.165, 1.54) is 16.8 Å². The molecule has 176 valence electrons. The standard InChI is InChI=1S/C24H24N4O5S/c1-5-32-21-9-7-6-8-20(21)27-34(30,31)22-14-18(11-10-15(22)2)19-12-13-23(29)28(25-19)24-16(3)26-33-17(24)4/h6-14,27H,5H2,1-4H3. The molecule has 0 bridgehead atoms. The van der Waals surface area contributed by atoms with Crippen LogP contribution in [0, 0.1) is 20.8 Å². The van der Waals surface area contributed by atoms with E-state index in [-0.39, 0.29) is 10.5 Å². The van der Waals surface area contributed by atoms with Gasteiger partial charge in [0.05, 0.1) is 22.9 Å². The normalized spacial score (nSPS) is 11.4. The quantitative estimate of drug-likeness (QED) is 0.425. The topological polar surface area (TPSA) is 116 Å². The number of hydrogen-bond acceptors (Lipinski definition) is 7. The van der Waals surface area contributed by atoms with Crippen molar-refractivity contribution in [3.63, 3.8) is 0 Å². The van der Waals surface area contributed by atoms with Crippen molar-refractivity contribution in [2.45, 2.75) is 32.6 Å². The Morgan fingerprint density at radius 1 is 1.06 bits per heavy atom. The van der Waals surface area contributed by atoms with Gasteiger partial charge in [-0.2, -0.15) is 9.78 Å². The van der Waals surface area contributed by atoms with Gasteiger partial charge >= 0.3 is 0 Å². The zero-order chi connectivity index (χ0) is 24.5. The van der Waals surface area contributed by atoms with Crippen LogP contribution in [-0.4, -0.2) is 30.0 Å². The molecule has 4 rings (SSSR count). The molecule has 0 atom stereocenters. The smallest absolute Gasteiger partial charge is 0.271 e. The average Bonchev–Trinajstić information content (AvgIpc) is 3.13. The van der Waals surface area contributed by atoms with E-state index < -0.39 is 10.0 Å². The van der Waals surface area contributed by atoms with Crippen LogP contribution in [-0.2, 0) is 10.0 Å². The zero-order valence-electron chi connectivity index (χ0n) is 19.2. The summed E-state index contributed by atoms with van der Waals surface area (Å²) in [7, 11) is -3.94. The fourth-order valence-corrected chi connectivity index (χ4v) is 4.93. The van der Waals surface area contributed by atoms with Gasteiger partial charge in [-0.1, -0.05) is 29.4 Å². The summed E-state index contributed by atoms with van der Waals surface area (Å²) in [5, 5.41) is 8.33. The second-order valence-electron chi connectivity index (χ2n) is 7.66. The molecule has 2 aromatic heterocycles. The molecule has 9 nitrogen and oxygen atoms in total. The molecule has 34 heavy (non-hydrogen) atoms. The number of aromatic nitrogens is 3. The molecule has 4 aromatic rings. The summed E-state index contributed by atoms with van der Waals surface area (Å²) < 4.78 is 41.1. The molecule has 0 saturated carbocycles. The average molecular weight is 481 g/mol. The zero-order valence-corrected chi connectivity index (χ0v) is 20.0. The van der Waals surface area contributed by atoms with Crippen molar-refractivity contribution in [2.75, 3.05) is 11.3 Å². The Labute approximate surface area is 197 Å². The lowest BCUT2D eigenvalue weighted by molar-refractivity contribution is 0.342. The Morgan fingerprint density at radius 3 is 2.53 bits per heavy atom. The molecule has 2 aromatic carbocycles. The van der Waals surface area contributed by atoms with Crippen molar-refractivity contribution >= 4 is 15.7 Å². The summed E-state index contributed by atoms with van der Waals surface area (Å²) in [6.07, 6.45) is 0. The molecule has 0 aliphatic rings. The van der Waals surface area contributed by atoms with E-state index in [1.54, 1.807) is 63.2 Å². The number of para-hydroxylation sites is 2. The fourth-order valence-electron chi connectivity index (χ4n) is 3.59. The van der Waals surface area contributed by atoms with Crippen LogP contribution in [0.25, 0.3) is 16.9 Å². The first-order chi connectivity index (χ1) is 16.2. The van der Waals surface area contributed by atoms with Gasteiger partial charge in [-0.3, -0.25) is 9.52 Å². The lowest BCUT2D eigenvalue weighted by atomic mass is 10.1.